The fourth-order valence-corrected chi connectivity index (χ4v) is 2.32. The third kappa shape index (κ3) is 4.50. The molecule has 0 spiro atoms. The topological polar surface area (TPSA) is 71.3 Å². The minimum absolute atomic E-state index is 0.114. The molecule has 0 unspecified atom stereocenters. The van der Waals surface area contributed by atoms with E-state index in [2.05, 4.69) is 5.32 Å². The number of aromatic nitrogens is 1. The van der Waals surface area contributed by atoms with Gasteiger partial charge in [-0.2, -0.15) is 0 Å². The zero-order valence-electron chi connectivity index (χ0n) is 12.8. The molecule has 1 amide bonds. The van der Waals surface area contributed by atoms with Crippen LogP contribution in [0.1, 0.15) is 23.7 Å². The number of nitrogens with zero attached hydrogens (tertiary/aromatic N) is 1. The summed E-state index contributed by atoms with van der Waals surface area (Å²) in [5, 5.41) is 12.1. The van der Waals surface area contributed by atoms with Gasteiger partial charge in [0.2, 0.25) is 5.91 Å². The molecule has 23 heavy (non-hydrogen) atoms. The Hall–Kier alpha value is -2.47. The van der Waals surface area contributed by atoms with Gasteiger partial charge in [0, 0.05) is 24.7 Å². The lowest BCUT2D eigenvalue weighted by atomic mass is 10.1. The van der Waals surface area contributed by atoms with E-state index in [1.807, 2.05) is 0 Å². The number of aliphatic hydroxyl groups is 1. The van der Waals surface area contributed by atoms with E-state index in [-0.39, 0.29) is 36.9 Å². The minimum Gasteiger partial charge on any atom is -0.394 e. The van der Waals surface area contributed by atoms with Crippen molar-refractivity contribution >= 4 is 5.91 Å². The van der Waals surface area contributed by atoms with E-state index in [1.54, 1.807) is 19.1 Å². The molecule has 0 aliphatic heterocycles. The maximum absolute atomic E-state index is 12.9. The van der Waals surface area contributed by atoms with Gasteiger partial charge in [0.25, 0.3) is 5.56 Å². The monoisotopic (exact) mass is 318 g/mol. The second kappa shape index (κ2) is 7.69. The standard InChI is InChI=1S/C17H19FN2O3/c1-12-3-2-4-17(23)20(12)10-9-16(22)19-15(11-21)13-5-7-14(18)8-6-13/h2-8,15,21H,9-11H2,1H3,(H,19,22)/t15-/m1/s1. The van der Waals surface area contributed by atoms with Crippen LogP contribution >= 0.6 is 0 Å². The van der Waals surface area contributed by atoms with Crippen molar-refractivity contribution in [3.05, 3.63) is 69.9 Å². The van der Waals surface area contributed by atoms with Gasteiger partial charge in [-0.3, -0.25) is 9.59 Å². The van der Waals surface area contributed by atoms with Crippen LogP contribution in [0.4, 0.5) is 4.39 Å². The number of hydrogen-bond donors (Lipinski definition) is 2. The van der Waals surface area contributed by atoms with Crippen molar-refractivity contribution in [2.24, 2.45) is 0 Å². The highest BCUT2D eigenvalue weighted by molar-refractivity contribution is 5.76. The van der Waals surface area contributed by atoms with Gasteiger partial charge in [0.1, 0.15) is 5.82 Å². The van der Waals surface area contributed by atoms with Crippen LogP contribution in [-0.2, 0) is 11.3 Å². The molecule has 0 fully saturated rings. The highest BCUT2D eigenvalue weighted by Crippen LogP contribution is 2.13. The number of rotatable bonds is 6. The Balaban J connectivity index is 1.98. The lowest BCUT2D eigenvalue weighted by molar-refractivity contribution is -0.122. The number of pyridine rings is 1. The zero-order chi connectivity index (χ0) is 16.8. The molecule has 1 heterocycles. The van der Waals surface area contributed by atoms with Crippen molar-refractivity contribution in [1.29, 1.82) is 0 Å². The maximum Gasteiger partial charge on any atom is 0.250 e. The molecular weight excluding hydrogens is 299 g/mol. The largest absolute Gasteiger partial charge is 0.394 e. The highest BCUT2D eigenvalue weighted by atomic mass is 19.1. The average molecular weight is 318 g/mol. The molecule has 0 bridgehead atoms. The SMILES string of the molecule is Cc1cccc(=O)n1CCC(=O)N[C@H](CO)c1ccc(F)cc1. The van der Waals surface area contributed by atoms with Crippen LogP contribution in [0, 0.1) is 12.7 Å². The molecule has 1 aromatic carbocycles. The summed E-state index contributed by atoms with van der Waals surface area (Å²) >= 11 is 0. The maximum atomic E-state index is 12.9. The van der Waals surface area contributed by atoms with Crippen LogP contribution in [0.15, 0.2) is 47.3 Å². The number of benzene rings is 1. The first-order chi connectivity index (χ1) is 11.0. The van der Waals surface area contributed by atoms with Crippen molar-refractivity contribution in [1.82, 2.24) is 9.88 Å². The number of carbonyl (C=O) groups excluding carboxylic acids is 1. The minimum atomic E-state index is -0.600. The molecule has 122 valence electrons. The van der Waals surface area contributed by atoms with E-state index >= 15 is 0 Å². The van der Waals surface area contributed by atoms with E-state index in [9.17, 15) is 19.1 Å². The van der Waals surface area contributed by atoms with Crippen LogP contribution in [-0.4, -0.2) is 22.2 Å². The highest BCUT2D eigenvalue weighted by Gasteiger charge is 2.14. The number of amides is 1. The second-order valence-corrected chi connectivity index (χ2v) is 5.26. The first-order valence-electron chi connectivity index (χ1n) is 7.33. The molecule has 0 aliphatic carbocycles. The van der Waals surface area contributed by atoms with Crippen molar-refractivity contribution in [2.45, 2.75) is 25.9 Å². The molecule has 1 aromatic heterocycles. The molecule has 2 aromatic rings. The number of hydrogen-bond acceptors (Lipinski definition) is 3. The first kappa shape index (κ1) is 16.9. The van der Waals surface area contributed by atoms with Crippen LogP contribution in [0.25, 0.3) is 0 Å². The molecule has 5 nitrogen and oxygen atoms in total. The van der Waals surface area contributed by atoms with Crippen molar-refractivity contribution in [2.75, 3.05) is 6.61 Å². The van der Waals surface area contributed by atoms with Gasteiger partial charge in [0.05, 0.1) is 12.6 Å². The van der Waals surface area contributed by atoms with E-state index in [1.165, 1.54) is 34.9 Å². The predicted octanol–water partition coefficient (Wildman–Crippen LogP) is 1.54. The first-order valence-corrected chi connectivity index (χ1v) is 7.33. The summed E-state index contributed by atoms with van der Waals surface area (Å²) in [7, 11) is 0. The Bertz CT molecular complexity index is 725. The molecule has 1 atom stereocenters. The number of aryl methyl sites for hydroxylation is 1. The molecule has 2 N–H and O–H groups in total. The third-order valence-corrected chi connectivity index (χ3v) is 3.62. The van der Waals surface area contributed by atoms with Gasteiger partial charge >= 0.3 is 0 Å². The lowest BCUT2D eigenvalue weighted by Gasteiger charge is -2.17. The predicted molar refractivity (Wildman–Crippen MR) is 84.4 cm³/mol. The summed E-state index contributed by atoms with van der Waals surface area (Å²) in [6.45, 7) is 1.77. The van der Waals surface area contributed by atoms with Crippen molar-refractivity contribution in [3.8, 4) is 0 Å². The van der Waals surface area contributed by atoms with E-state index in [0.29, 0.717) is 5.56 Å². The van der Waals surface area contributed by atoms with Crippen LogP contribution < -0.4 is 10.9 Å². The number of nitrogens with one attached hydrogen (secondary N) is 1. The smallest absolute Gasteiger partial charge is 0.250 e. The Morgan fingerprint density at radius 3 is 2.57 bits per heavy atom. The fourth-order valence-electron chi connectivity index (χ4n) is 2.32. The summed E-state index contributed by atoms with van der Waals surface area (Å²) in [5.41, 5.74) is 1.24. The third-order valence-electron chi connectivity index (χ3n) is 3.62. The van der Waals surface area contributed by atoms with Crippen LogP contribution in [0.3, 0.4) is 0 Å². The Labute approximate surface area is 133 Å². The zero-order valence-corrected chi connectivity index (χ0v) is 12.8. The summed E-state index contributed by atoms with van der Waals surface area (Å²) in [4.78, 5) is 23.8. The van der Waals surface area contributed by atoms with Gasteiger partial charge in [-0.1, -0.05) is 18.2 Å². The van der Waals surface area contributed by atoms with E-state index in [0.717, 1.165) is 5.69 Å². The second-order valence-electron chi connectivity index (χ2n) is 5.26. The fraction of sp³-hybridized carbons (Fsp3) is 0.294. The summed E-state index contributed by atoms with van der Waals surface area (Å²) in [6, 6.07) is 9.90. The van der Waals surface area contributed by atoms with Crippen molar-refractivity contribution < 1.29 is 14.3 Å². The van der Waals surface area contributed by atoms with Gasteiger partial charge in [-0.25, -0.2) is 4.39 Å². The lowest BCUT2D eigenvalue weighted by Crippen LogP contribution is -2.32. The molecule has 0 saturated heterocycles. The summed E-state index contributed by atoms with van der Waals surface area (Å²) < 4.78 is 14.4. The molecular formula is C17H19FN2O3. The molecule has 0 aliphatic rings. The van der Waals surface area contributed by atoms with Gasteiger partial charge in [0.15, 0.2) is 0 Å². The average Bonchev–Trinajstić information content (AvgIpc) is 2.53. The Kier molecular flexibility index (Phi) is 5.65. The molecule has 6 heteroatoms. The molecule has 0 radical (unpaired) electrons. The molecule has 2 rings (SSSR count). The molecule has 0 saturated carbocycles. The Morgan fingerprint density at radius 2 is 1.96 bits per heavy atom. The van der Waals surface area contributed by atoms with Gasteiger partial charge in [-0.05, 0) is 30.7 Å². The number of aliphatic hydroxyl groups excluding tert-OH is 1. The summed E-state index contributed by atoms with van der Waals surface area (Å²) in [6.07, 6.45) is 0.114. The van der Waals surface area contributed by atoms with Crippen LogP contribution in [0.5, 0.6) is 0 Å². The Morgan fingerprint density at radius 1 is 1.26 bits per heavy atom. The van der Waals surface area contributed by atoms with Gasteiger partial charge < -0.3 is 15.0 Å². The normalized spacial score (nSPS) is 12.0. The van der Waals surface area contributed by atoms with Crippen LogP contribution in [0.2, 0.25) is 0 Å². The summed E-state index contributed by atoms with van der Waals surface area (Å²) in [5.74, 6) is -0.667. The van der Waals surface area contributed by atoms with Crippen molar-refractivity contribution in [3.63, 3.8) is 0 Å². The number of halogens is 1. The van der Waals surface area contributed by atoms with E-state index < -0.39 is 6.04 Å². The van der Waals surface area contributed by atoms with E-state index in [4.69, 9.17) is 0 Å². The quantitative estimate of drug-likeness (QED) is 0.848. The van der Waals surface area contributed by atoms with Gasteiger partial charge in [-0.15, -0.1) is 0 Å². The number of carbonyl (C=O) groups is 1.